The van der Waals surface area contributed by atoms with Crippen LogP contribution in [0, 0.1) is 0 Å². The first-order chi connectivity index (χ1) is 5.38. The maximum Gasteiger partial charge on any atom is 0.120 e. The fourth-order valence-corrected chi connectivity index (χ4v) is 1.98. The zero-order valence-corrected chi connectivity index (χ0v) is 7.90. The Balaban J connectivity index is 2.56. The van der Waals surface area contributed by atoms with E-state index in [1.807, 2.05) is 5.51 Å². The van der Waals surface area contributed by atoms with Gasteiger partial charge in [0.05, 0.1) is 0 Å². The van der Waals surface area contributed by atoms with Crippen LogP contribution >= 0.6 is 11.3 Å². The fourth-order valence-electron chi connectivity index (χ4n) is 1.21. The highest BCUT2D eigenvalue weighted by Gasteiger charge is 2.10. The first-order valence-electron chi connectivity index (χ1n) is 4.14. The molecule has 2 nitrogen and oxygen atoms in total. The van der Waals surface area contributed by atoms with Crippen molar-refractivity contribution in [1.29, 1.82) is 0 Å². The molecule has 1 unspecified atom stereocenters. The van der Waals surface area contributed by atoms with Crippen molar-refractivity contribution < 1.29 is 0 Å². The van der Waals surface area contributed by atoms with Crippen molar-refractivity contribution in [3.8, 4) is 0 Å². The number of aromatic nitrogens is 2. The third kappa shape index (κ3) is 2.26. The monoisotopic (exact) mass is 170 g/mol. The lowest BCUT2D eigenvalue weighted by Crippen LogP contribution is -1.95. The molecule has 1 aromatic heterocycles. The average Bonchev–Trinajstić information content (AvgIpc) is 2.52. The van der Waals surface area contributed by atoms with E-state index in [1.54, 1.807) is 11.3 Å². The summed E-state index contributed by atoms with van der Waals surface area (Å²) >= 11 is 1.67. The van der Waals surface area contributed by atoms with Gasteiger partial charge >= 0.3 is 0 Å². The minimum Gasteiger partial charge on any atom is -0.147 e. The van der Waals surface area contributed by atoms with E-state index < -0.39 is 0 Å². The molecule has 3 heteroatoms. The summed E-state index contributed by atoms with van der Waals surface area (Å²) in [6, 6.07) is 0. The molecule has 0 N–H and O–H groups in total. The first kappa shape index (κ1) is 8.65. The lowest BCUT2D eigenvalue weighted by molar-refractivity contribution is 0.587. The minimum absolute atomic E-state index is 0.646. The van der Waals surface area contributed by atoms with Gasteiger partial charge in [0.25, 0.3) is 0 Å². The molecule has 0 saturated heterocycles. The zero-order chi connectivity index (χ0) is 8.10. The zero-order valence-electron chi connectivity index (χ0n) is 7.08. The quantitative estimate of drug-likeness (QED) is 0.694. The summed E-state index contributed by atoms with van der Waals surface area (Å²) in [6.07, 6.45) is 3.66. The maximum atomic E-state index is 4.07. The van der Waals surface area contributed by atoms with E-state index in [2.05, 4.69) is 24.0 Å². The van der Waals surface area contributed by atoms with Gasteiger partial charge in [-0.1, -0.05) is 20.3 Å². The molecule has 0 aliphatic heterocycles. The van der Waals surface area contributed by atoms with Crippen molar-refractivity contribution in [1.82, 2.24) is 10.2 Å². The lowest BCUT2D eigenvalue weighted by atomic mass is 10.0. The van der Waals surface area contributed by atoms with Crippen LogP contribution in [0.5, 0.6) is 0 Å². The van der Waals surface area contributed by atoms with Crippen molar-refractivity contribution in [2.24, 2.45) is 0 Å². The predicted octanol–water partition coefficient (Wildman–Crippen LogP) is 2.83. The predicted molar refractivity (Wildman–Crippen MR) is 47.8 cm³/mol. The van der Waals surface area contributed by atoms with E-state index in [-0.39, 0.29) is 0 Å². The van der Waals surface area contributed by atoms with Crippen LogP contribution in [0.4, 0.5) is 0 Å². The van der Waals surface area contributed by atoms with E-state index in [1.165, 1.54) is 24.3 Å². The van der Waals surface area contributed by atoms with Crippen LogP contribution in [0.2, 0.25) is 0 Å². The minimum atomic E-state index is 0.646. The summed E-state index contributed by atoms with van der Waals surface area (Å²) in [5, 5.41) is 9.12. The maximum absolute atomic E-state index is 4.07. The summed E-state index contributed by atoms with van der Waals surface area (Å²) in [6.45, 7) is 4.42. The van der Waals surface area contributed by atoms with Crippen LogP contribution in [0.3, 0.4) is 0 Å². The topological polar surface area (TPSA) is 25.8 Å². The van der Waals surface area contributed by atoms with Gasteiger partial charge in [0.15, 0.2) is 0 Å². The van der Waals surface area contributed by atoms with Crippen molar-refractivity contribution in [2.45, 2.75) is 39.0 Å². The van der Waals surface area contributed by atoms with Crippen LogP contribution in [-0.4, -0.2) is 10.2 Å². The molecular formula is C8H14N2S. The van der Waals surface area contributed by atoms with E-state index in [9.17, 15) is 0 Å². The largest absolute Gasteiger partial charge is 0.147 e. The summed E-state index contributed by atoms with van der Waals surface area (Å²) in [4.78, 5) is 0. The molecule has 62 valence electrons. The van der Waals surface area contributed by atoms with Gasteiger partial charge in [0, 0.05) is 5.92 Å². The molecule has 1 atom stereocenters. The van der Waals surface area contributed by atoms with Gasteiger partial charge in [-0.05, 0) is 12.8 Å². The van der Waals surface area contributed by atoms with Gasteiger partial charge in [-0.15, -0.1) is 21.5 Å². The Morgan fingerprint density at radius 1 is 1.55 bits per heavy atom. The number of hydrogen-bond donors (Lipinski definition) is 0. The van der Waals surface area contributed by atoms with E-state index in [0.29, 0.717) is 5.92 Å². The van der Waals surface area contributed by atoms with Gasteiger partial charge in [-0.2, -0.15) is 0 Å². The Bertz CT molecular complexity index is 184. The van der Waals surface area contributed by atoms with Gasteiger partial charge < -0.3 is 0 Å². The van der Waals surface area contributed by atoms with Gasteiger partial charge in [0.1, 0.15) is 10.5 Å². The third-order valence-electron chi connectivity index (χ3n) is 1.86. The second kappa shape index (κ2) is 4.44. The summed E-state index contributed by atoms with van der Waals surface area (Å²) < 4.78 is 0. The van der Waals surface area contributed by atoms with Gasteiger partial charge in [-0.3, -0.25) is 0 Å². The molecule has 0 aliphatic carbocycles. The SMILES string of the molecule is CCCC(CC)c1nncs1. The molecule has 1 heterocycles. The highest BCUT2D eigenvalue weighted by Crippen LogP contribution is 2.24. The Hall–Kier alpha value is -0.440. The molecule has 0 amide bonds. The Morgan fingerprint density at radius 2 is 2.36 bits per heavy atom. The smallest absolute Gasteiger partial charge is 0.120 e. The standard InChI is InChI=1S/C8H14N2S/c1-3-5-7(4-2)8-10-9-6-11-8/h6-7H,3-5H2,1-2H3. The van der Waals surface area contributed by atoms with E-state index in [0.717, 1.165) is 0 Å². The fraction of sp³-hybridized carbons (Fsp3) is 0.750. The molecule has 0 radical (unpaired) electrons. The number of hydrogen-bond acceptors (Lipinski definition) is 3. The molecule has 0 bridgehead atoms. The Kier molecular flexibility index (Phi) is 3.49. The van der Waals surface area contributed by atoms with Crippen molar-refractivity contribution in [3.63, 3.8) is 0 Å². The second-order valence-corrected chi connectivity index (χ2v) is 3.54. The third-order valence-corrected chi connectivity index (χ3v) is 2.71. The van der Waals surface area contributed by atoms with Crippen LogP contribution in [0.1, 0.15) is 44.0 Å². The molecule has 0 saturated carbocycles. The van der Waals surface area contributed by atoms with Crippen LogP contribution in [0.15, 0.2) is 5.51 Å². The highest BCUT2D eigenvalue weighted by atomic mass is 32.1. The normalized spacial score (nSPS) is 13.3. The Labute approximate surface area is 71.7 Å². The van der Waals surface area contributed by atoms with Crippen LogP contribution < -0.4 is 0 Å². The van der Waals surface area contributed by atoms with Crippen molar-refractivity contribution in [3.05, 3.63) is 10.5 Å². The van der Waals surface area contributed by atoms with Crippen LogP contribution in [-0.2, 0) is 0 Å². The number of rotatable bonds is 4. The Morgan fingerprint density at radius 3 is 2.82 bits per heavy atom. The molecule has 0 fully saturated rings. The van der Waals surface area contributed by atoms with Crippen molar-refractivity contribution in [2.75, 3.05) is 0 Å². The number of nitrogens with zero attached hydrogens (tertiary/aromatic N) is 2. The van der Waals surface area contributed by atoms with E-state index >= 15 is 0 Å². The van der Waals surface area contributed by atoms with E-state index in [4.69, 9.17) is 0 Å². The molecule has 1 rings (SSSR count). The first-order valence-corrected chi connectivity index (χ1v) is 5.02. The molecule has 0 aromatic carbocycles. The molecular weight excluding hydrogens is 156 g/mol. The summed E-state index contributed by atoms with van der Waals surface area (Å²) in [5.74, 6) is 0.646. The highest BCUT2D eigenvalue weighted by molar-refractivity contribution is 7.09. The summed E-state index contributed by atoms with van der Waals surface area (Å²) in [5.41, 5.74) is 1.81. The molecule has 1 aromatic rings. The molecule has 0 spiro atoms. The van der Waals surface area contributed by atoms with Gasteiger partial charge in [-0.25, -0.2) is 0 Å². The van der Waals surface area contributed by atoms with Crippen LogP contribution in [0.25, 0.3) is 0 Å². The van der Waals surface area contributed by atoms with Gasteiger partial charge in [0.2, 0.25) is 0 Å². The summed E-state index contributed by atoms with van der Waals surface area (Å²) in [7, 11) is 0. The van der Waals surface area contributed by atoms with Crippen molar-refractivity contribution >= 4 is 11.3 Å². The second-order valence-electron chi connectivity index (χ2n) is 2.67. The molecule has 11 heavy (non-hydrogen) atoms. The lowest BCUT2D eigenvalue weighted by Gasteiger charge is -2.07. The molecule has 0 aliphatic rings. The average molecular weight is 170 g/mol.